The minimum atomic E-state index is 0.412. The maximum absolute atomic E-state index is 6.16. The third-order valence-electron chi connectivity index (χ3n) is 3.39. The Balaban J connectivity index is 1.94. The van der Waals surface area contributed by atoms with Gasteiger partial charge in [0.15, 0.2) is 0 Å². The Morgan fingerprint density at radius 3 is 3.17 bits per heavy atom. The van der Waals surface area contributed by atoms with E-state index in [1.807, 2.05) is 6.07 Å². The molecule has 1 aromatic heterocycles. The molecule has 18 heavy (non-hydrogen) atoms. The monoisotopic (exact) mass is 268 g/mol. The predicted molar refractivity (Wildman–Crippen MR) is 74.0 cm³/mol. The molecule has 3 nitrogen and oxygen atoms in total. The van der Waals surface area contributed by atoms with Crippen LogP contribution in [-0.4, -0.2) is 30.3 Å². The number of pyridine rings is 1. The van der Waals surface area contributed by atoms with E-state index in [1.54, 1.807) is 12.4 Å². The molecule has 0 amide bonds. The Bertz CT molecular complexity index is 367. The van der Waals surface area contributed by atoms with Gasteiger partial charge in [-0.2, -0.15) is 0 Å². The van der Waals surface area contributed by atoms with Gasteiger partial charge >= 0.3 is 0 Å². The Morgan fingerprint density at radius 1 is 1.61 bits per heavy atom. The first-order valence-electron chi connectivity index (χ1n) is 6.73. The second kappa shape index (κ2) is 7.07. The molecular formula is C14H21ClN2O. The number of ether oxygens (including phenoxy) is 1. The lowest BCUT2D eigenvalue weighted by molar-refractivity contribution is 0.0948. The maximum atomic E-state index is 6.16. The quantitative estimate of drug-likeness (QED) is 0.862. The van der Waals surface area contributed by atoms with Crippen LogP contribution in [0.25, 0.3) is 0 Å². The third kappa shape index (κ3) is 3.94. The molecule has 0 saturated carbocycles. The summed E-state index contributed by atoms with van der Waals surface area (Å²) < 4.78 is 5.71. The van der Waals surface area contributed by atoms with Crippen LogP contribution in [0.3, 0.4) is 0 Å². The van der Waals surface area contributed by atoms with Crippen LogP contribution < -0.4 is 5.32 Å². The lowest BCUT2D eigenvalue weighted by Gasteiger charge is -2.21. The second-order valence-corrected chi connectivity index (χ2v) is 5.20. The van der Waals surface area contributed by atoms with E-state index in [2.05, 4.69) is 17.2 Å². The summed E-state index contributed by atoms with van der Waals surface area (Å²) in [5.41, 5.74) is 1.16. The highest BCUT2D eigenvalue weighted by Gasteiger charge is 2.21. The second-order valence-electron chi connectivity index (χ2n) is 4.80. The molecule has 1 aromatic rings. The Morgan fingerprint density at radius 2 is 2.50 bits per heavy atom. The molecule has 1 saturated heterocycles. The van der Waals surface area contributed by atoms with Gasteiger partial charge in [0.05, 0.1) is 11.1 Å². The van der Waals surface area contributed by atoms with E-state index < -0.39 is 0 Å². The van der Waals surface area contributed by atoms with Gasteiger partial charge in [0.1, 0.15) is 0 Å². The molecule has 1 aliphatic rings. The normalized spacial score (nSPS) is 21.1. The molecule has 2 heterocycles. The molecule has 0 aliphatic carbocycles. The lowest BCUT2D eigenvalue weighted by atomic mass is 10.00. The maximum Gasteiger partial charge on any atom is 0.0621 e. The van der Waals surface area contributed by atoms with Gasteiger partial charge in [-0.3, -0.25) is 4.98 Å². The van der Waals surface area contributed by atoms with Crippen molar-refractivity contribution in [2.75, 3.05) is 13.2 Å². The van der Waals surface area contributed by atoms with Crippen molar-refractivity contribution < 1.29 is 4.74 Å². The van der Waals surface area contributed by atoms with Gasteiger partial charge in [0.2, 0.25) is 0 Å². The summed E-state index contributed by atoms with van der Waals surface area (Å²) >= 11 is 6.16. The number of aromatic nitrogens is 1. The average Bonchev–Trinajstić information content (AvgIpc) is 2.85. The predicted octanol–water partition coefficient (Wildman–Crippen LogP) is 2.82. The minimum Gasteiger partial charge on any atom is -0.378 e. The molecular weight excluding hydrogens is 248 g/mol. The van der Waals surface area contributed by atoms with Crippen molar-refractivity contribution in [1.82, 2.24) is 10.3 Å². The molecule has 0 radical (unpaired) electrons. The standard InChI is InChI=1S/C14H21ClN2O/c1-2-17-12(9-13-4-3-7-18-13)8-11-5-6-16-10-14(11)15/h5-6,10,12-13,17H,2-4,7-9H2,1H3. The van der Waals surface area contributed by atoms with Gasteiger partial charge in [-0.25, -0.2) is 0 Å². The summed E-state index contributed by atoms with van der Waals surface area (Å²) in [6, 6.07) is 2.43. The summed E-state index contributed by atoms with van der Waals surface area (Å²) in [5.74, 6) is 0. The van der Waals surface area contributed by atoms with E-state index in [0.29, 0.717) is 12.1 Å². The van der Waals surface area contributed by atoms with E-state index in [1.165, 1.54) is 12.8 Å². The van der Waals surface area contributed by atoms with Crippen molar-refractivity contribution in [1.29, 1.82) is 0 Å². The van der Waals surface area contributed by atoms with Crippen molar-refractivity contribution >= 4 is 11.6 Å². The van der Waals surface area contributed by atoms with Gasteiger partial charge in [0.25, 0.3) is 0 Å². The van der Waals surface area contributed by atoms with Crippen LogP contribution in [0.5, 0.6) is 0 Å². The van der Waals surface area contributed by atoms with E-state index in [-0.39, 0.29) is 0 Å². The number of hydrogen-bond acceptors (Lipinski definition) is 3. The van der Waals surface area contributed by atoms with Crippen molar-refractivity contribution in [3.63, 3.8) is 0 Å². The molecule has 4 heteroatoms. The zero-order valence-electron chi connectivity index (χ0n) is 10.9. The Hall–Kier alpha value is -0.640. The first-order valence-corrected chi connectivity index (χ1v) is 7.10. The molecule has 1 fully saturated rings. The fraction of sp³-hybridized carbons (Fsp3) is 0.643. The van der Waals surface area contributed by atoms with E-state index in [4.69, 9.17) is 16.3 Å². The number of nitrogens with zero attached hydrogens (tertiary/aromatic N) is 1. The number of hydrogen-bond donors (Lipinski definition) is 1. The highest BCUT2D eigenvalue weighted by atomic mass is 35.5. The number of nitrogens with one attached hydrogen (secondary N) is 1. The van der Waals surface area contributed by atoms with Crippen LogP contribution in [0.15, 0.2) is 18.5 Å². The summed E-state index contributed by atoms with van der Waals surface area (Å²) in [5, 5.41) is 4.28. The largest absolute Gasteiger partial charge is 0.378 e. The third-order valence-corrected chi connectivity index (χ3v) is 3.73. The van der Waals surface area contributed by atoms with Crippen LogP contribution >= 0.6 is 11.6 Å². The van der Waals surface area contributed by atoms with E-state index >= 15 is 0 Å². The summed E-state index contributed by atoms with van der Waals surface area (Å²) in [7, 11) is 0. The molecule has 0 aromatic carbocycles. The van der Waals surface area contributed by atoms with Crippen molar-refractivity contribution in [3.05, 3.63) is 29.0 Å². The molecule has 0 spiro atoms. The smallest absolute Gasteiger partial charge is 0.0621 e. The lowest BCUT2D eigenvalue weighted by Crippen LogP contribution is -2.34. The van der Waals surface area contributed by atoms with Crippen molar-refractivity contribution in [2.45, 2.75) is 44.8 Å². The van der Waals surface area contributed by atoms with Gasteiger partial charge < -0.3 is 10.1 Å². The zero-order valence-corrected chi connectivity index (χ0v) is 11.6. The number of rotatable bonds is 6. The van der Waals surface area contributed by atoms with Crippen LogP contribution in [0.2, 0.25) is 5.02 Å². The molecule has 0 bridgehead atoms. The van der Waals surface area contributed by atoms with Crippen LogP contribution in [0, 0.1) is 0 Å². The Kier molecular flexibility index (Phi) is 5.42. The first kappa shape index (κ1) is 13.8. The summed E-state index contributed by atoms with van der Waals surface area (Å²) in [4.78, 5) is 4.02. The first-order chi connectivity index (χ1) is 8.79. The van der Waals surface area contributed by atoms with E-state index in [0.717, 1.165) is 36.6 Å². The van der Waals surface area contributed by atoms with Crippen LogP contribution in [-0.2, 0) is 11.2 Å². The fourth-order valence-electron chi connectivity index (χ4n) is 2.51. The number of likely N-dealkylation sites (N-methyl/N-ethyl adjacent to an activating group) is 1. The van der Waals surface area contributed by atoms with Gasteiger partial charge in [-0.15, -0.1) is 0 Å². The molecule has 100 valence electrons. The molecule has 2 rings (SSSR count). The summed E-state index contributed by atoms with van der Waals surface area (Å²) in [6.07, 6.45) is 8.31. The SMILES string of the molecule is CCNC(Cc1ccncc1Cl)CC1CCCO1. The van der Waals surface area contributed by atoms with Crippen molar-refractivity contribution in [3.8, 4) is 0 Å². The highest BCUT2D eigenvalue weighted by molar-refractivity contribution is 6.31. The zero-order chi connectivity index (χ0) is 12.8. The van der Waals surface area contributed by atoms with Crippen LogP contribution in [0.4, 0.5) is 0 Å². The topological polar surface area (TPSA) is 34.2 Å². The Labute approximate surface area is 114 Å². The van der Waals surface area contributed by atoms with Crippen molar-refractivity contribution in [2.24, 2.45) is 0 Å². The highest BCUT2D eigenvalue weighted by Crippen LogP contribution is 2.21. The molecule has 1 aliphatic heterocycles. The minimum absolute atomic E-state index is 0.412. The van der Waals surface area contributed by atoms with Gasteiger partial charge in [-0.05, 0) is 43.9 Å². The number of halogens is 1. The molecule has 2 unspecified atom stereocenters. The van der Waals surface area contributed by atoms with Crippen LogP contribution in [0.1, 0.15) is 31.7 Å². The average molecular weight is 269 g/mol. The summed E-state index contributed by atoms with van der Waals surface area (Å²) in [6.45, 7) is 4.02. The molecule has 1 N–H and O–H groups in total. The van der Waals surface area contributed by atoms with Gasteiger partial charge in [-0.1, -0.05) is 18.5 Å². The molecule has 2 atom stereocenters. The fourth-order valence-corrected chi connectivity index (χ4v) is 2.71. The van der Waals surface area contributed by atoms with Gasteiger partial charge in [0, 0.05) is 25.0 Å². The van der Waals surface area contributed by atoms with E-state index in [9.17, 15) is 0 Å².